The Morgan fingerprint density at radius 2 is 2.07 bits per heavy atom. The second kappa shape index (κ2) is 9.12. The van der Waals surface area contributed by atoms with Gasteiger partial charge in [-0.3, -0.25) is 9.67 Å². The second-order valence-electron chi connectivity index (χ2n) is 7.95. The van der Waals surface area contributed by atoms with Crippen LogP contribution in [0.15, 0.2) is 59.9 Å². The van der Waals surface area contributed by atoms with Gasteiger partial charge in [-0.15, -0.1) is 0 Å². The lowest BCUT2D eigenvalue weighted by Gasteiger charge is -2.21. The summed E-state index contributed by atoms with van der Waals surface area (Å²) in [7, 11) is 1.98. The summed E-state index contributed by atoms with van der Waals surface area (Å²) in [4.78, 5) is 7.38. The van der Waals surface area contributed by atoms with Crippen molar-refractivity contribution in [1.82, 2.24) is 20.0 Å². The van der Waals surface area contributed by atoms with Gasteiger partial charge in [0.2, 0.25) is 0 Å². The molecule has 1 atom stereocenters. The molecule has 29 heavy (non-hydrogen) atoms. The molecule has 0 amide bonds. The Bertz CT molecular complexity index is 969. The van der Waals surface area contributed by atoms with Crippen molar-refractivity contribution in [2.24, 2.45) is 18.0 Å². The monoisotopic (exact) mass is 389 g/mol. The van der Waals surface area contributed by atoms with E-state index in [0.717, 1.165) is 45.0 Å². The fraction of sp³-hybridized carbons (Fsp3) is 0.417. The zero-order chi connectivity index (χ0) is 20.1. The molecule has 152 valence electrons. The molecule has 1 N–H and O–H groups in total. The van der Waals surface area contributed by atoms with Gasteiger partial charge in [0.25, 0.3) is 0 Å². The summed E-state index contributed by atoms with van der Waals surface area (Å²) in [5.41, 5.74) is 2.70. The fourth-order valence-electron chi connectivity index (χ4n) is 4.32. The maximum atomic E-state index is 4.96. The number of aliphatic imine (C=N–C) groups is 1. The summed E-state index contributed by atoms with van der Waals surface area (Å²) >= 11 is 0. The van der Waals surface area contributed by atoms with Crippen molar-refractivity contribution in [3.05, 3.63) is 66.0 Å². The standard InChI is InChI=1S/C24H31N5/c1-3-25-24(29-14-12-19(18-29)15-20-16-27-28(2)17-20)26-13-11-22-9-6-8-21-7-4-5-10-23(21)22/h4-10,16-17,19H,3,11-15,18H2,1-2H3,(H,25,26). The van der Waals surface area contributed by atoms with Crippen LogP contribution in [0.1, 0.15) is 24.5 Å². The summed E-state index contributed by atoms with van der Waals surface area (Å²) in [5.74, 6) is 1.72. The number of aromatic nitrogens is 2. The van der Waals surface area contributed by atoms with Gasteiger partial charge in [-0.25, -0.2) is 0 Å². The van der Waals surface area contributed by atoms with Gasteiger partial charge in [0, 0.05) is 39.4 Å². The molecule has 3 aromatic rings. The van der Waals surface area contributed by atoms with Crippen LogP contribution in [0.5, 0.6) is 0 Å². The van der Waals surface area contributed by atoms with Crippen molar-refractivity contribution in [1.29, 1.82) is 0 Å². The molecule has 1 aliphatic rings. The number of likely N-dealkylation sites (tertiary alicyclic amines) is 1. The highest BCUT2D eigenvalue weighted by atomic mass is 15.3. The molecule has 0 bridgehead atoms. The molecule has 2 heterocycles. The van der Waals surface area contributed by atoms with Crippen molar-refractivity contribution in [2.45, 2.75) is 26.2 Å². The summed E-state index contributed by atoms with van der Waals surface area (Å²) in [5, 5.41) is 10.4. The summed E-state index contributed by atoms with van der Waals surface area (Å²) < 4.78 is 1.89. The lowest BCUT2D eigenvalue weighted by Crippen LogP contribution is -2.40. The molecule has 2 aromatic carbocycles. The van der Waals surface area contributed by atoms with Crippen LogP contribution in [0.2, 0.25) is 0 Å². The van der Waals surface area contributed by atoms with E-state index in [2.05, 4.69) is 70.9 Å². The van der Waals surface area contributed by atoms with E-state index in [-0.39, 0.29) is 0 Å². The first-order valence-electron chi connectivity index (χ1n) is 10.7. The molecule has 1 aliphatic heterocycles. The van der Waals surface area contributed by atoms with Gasteiger partial charge in [-0.05, 0) is 54.0 Å². The summed E-state index contributed by atoms with van der Waals surface area (Å²) in [6.07, 6.45) is 7.39. The number of aryl methyl sites for hydroxylation is 1. The summed E-state index contributed by atoms with van der Waals surface area (Å²) in [6.45, 7) is 5.99. The molecule has 1 saturated heterocycles. The predicted molar refractivity (Wildman–Crippen MR) is 120 cm³/mol. The minimum absolute atomic E-state index is 0.668. The quantitative estimate of drug-likeness (QED) is 0.517. The fourth-order valence-corrected chi connectivity index (χ4v) is 4.32. The van der Waals surface area contributed by atoms with Gasteiger partial charge < -0.3 is 10.2 Å². The molecule has 1 fully saturated rings. The molecule has 1 unspecified atom stereocenters. The van der Waals surface area contributed by atoms with E-state index >= 15 is 0 Å². The lowest BCUT2D eigenvalue weighted by atomic mass is 10.0. The summed E-state index contributed by atoms with van der Waals surface area (Å²) in [6, 6.07) is 15.2. The third-order valence-electron chi connectivity index (χ3n) is 5.73. The van der Waals surface area contributed by atoms with Gasteiger partial charge in [-0.2, -0.15) is 5.10 Å². The van der Waals surface area contributed by atoms with Gasteiger partial charge in [0.15, 0.2) is 5.96 Å². The van der Waals surface area contributed by atoms with Gasteiger partial charge in [-0.1, -0.05) is 42.5 Å². The number of nitrogens with zero attached hydrogens (tertiary/aromatic N) is 4. The number of hydrogen-bond donors (Lipinski definition) is 1. The normalized spacial score (nSPS) is 17.2. The smallest absolute Gasteiger partial charge is 0.193 e. The van der Waals surface area contributed by atoms with E-state index in [1.807, 2.05) is 17.9 Å². The van der Waals surface area contributed by atoms with E-state index in [1.54, 1.807) is 0 Å². The molecule has 0 radical (unpaired) electrons. The predicted octanol–water partition coefficient (Wildman–Crippen LogP) is 3.65. The Labute approximate surface area is 173 Å². The van der Waals surface area contributed by atoms with E-state index in [9.17, 15) is 0 Å². The van der Waals surface area contributed by atoms with Gasteiger partial charge >= 0.3 is 0 Å². The van der Waals surface area contributed by atoms with Gasteiger partial charge in [0.1, 0.15) is 0 Å². The Morgan fingerprint density at radius 3 is 2.90 bits per heavy atom. The van der Waals surface area contributed by atoms with Crippen LogP contribution in [0, 0.1) is 5.92 Å². The number of fused-ring (bicyclic) bond motifs is 1. The van der Waals surface area contributed by atoms with Crippen LogP contribution < -0.4 is 5.32 Å². The van der Waals surface area contributed by atoms with Crippen molar-refractivity contribution in [3.63, 3.8) is 0 Å². The molecular formula is C24H31N5. The van der Waals surface area contributed by atoms with E-state index < -0.39 is 0 Å². The second-order valence-corrected chi connectivity index (χ2v) is 7.95. The highest BCUT2D eigenvalue weighted by Crippen LogP contribution is 2.21. The van der Waals surface area contributed by atoms with Gasteiger partial charge in [0.05, 0.1) is 6.20 Å². The first-order valence-corrected chi connectivity index (χ1v) is 10.7. The third kappa shape index (κ3) is 4.78. The van der Waals surface area contributed by atoms with Crippen molar-refractivity contribution >= 4 is 16.7 Å². The van der Waals surface area contributed by atoms with Crippen molar-refractivity contribution < 1.29 is 0 Å². The van der Waals surface area contributed by atoms with Crippen molar-refractivity contribution in [2.75, 3.05) is 26.2 Å². The van der Waals surface area contributed by atoms with Crippen LogP contribution in [-0.4, -0.2) is 46.8 Å². The zero-order valence-electron chi connectivity index (χ0n) is 17.5. The van der Waals surface area contributed by atoms with Crippen LogP contribution in [0.3, 0.4) is 0 Å². The molecule has 0 spiro atoms. The average Bonchev–Trinajstić information content (AvgIpc) is 3.36. The number of benzene rings is 2. The first kappa shape index (κ1) is 19.5. The van der Waals surface area contributed by atoms with Crippen LogP contribution >= 0.6 is 0 Å². The Hall–Kier alpha value is -2.82. The highest BCUT2D eigenvalue weighted by Gasteiger charge is 2.25. The zero-order valence-corrected chi connectivity index (χ0v) is 17.5. The molecule has 5 nitrogen and oxygen atoms in total. The van der Waals surface area contributed by atoms with E-state index in [4.69, 9.17) is 4.99 Å². The number of hydrogen-bond acceptors (Lipinski definition) is 2. The maximum absolute atomic E-state index is 4.96. The number of rotatable bonds is 6. The molecule has 1 aromatic heterocycles. The molecule has 0 saturated carbocycles. The van der Waals surface area contributed by atoms with Crippen LogP contribution in [-0.2, 0) is 19.9 Å². The Morgan fingerprint density at radius 1 is 1.21 bits per heavy atom. The average molecular weight is 390 g/mol. The van der Waals surface area contributed by atoms with E-state index in [0.29, 0.717) is 5.92 Å². The number of nitrogens with one attached hydrogen (secondary N) is 1. The first-order chi connectivity index (χ1) is 14.2. The minimum atomic E-state index is 0.668. The molecular weight excluding hydrogens is 358 g/mol. The Kier molecular flexibility index (Phi) is 6.13. The van der Waals surface area contributed by atoms with Crippen molar-refractivity contribution in [3.8, 4) is 0 Å². The molecule has 5 heteroatoms. The lowest BCUT2D eigenvalue weighted by molar-refractivity contribution is 0.460. The van der Waals surface area contributed by atoms with Crippen LogP contribution in [0.4, 0.5) is 0 Å². The highest BCUT2D eigenvalue weighted by molar-refractivity contribution is 5.85. The maximum Gasteiger partial charge on any atom is 0.193 e. The minimum Gasteiger partial charge on any atom is -0.357 e. The topological polar surface area (TPSA) is 45.5 Å². The number of guanidine groups is 1. The third-order valence-corrected chi connectivity index (χ3v) is 5.73. The molecule has 4 rings (SSSR count). The molecule has 0 aliphatic carbocycles. The Balaban J connectivity index is 1.39. The van der Waals surface area contributed by atoms with Crippen LogP contribution in [0.25, 0.3) is 10.8 Å². The SMILES string of the molecule is CCNC(=NCCc1cccc2ccccc12)N1CCC(Cc2cnn(C)c2)C1. The van der Waals surface area contributed by atoms with E-state index in [1.165, 1.54) is 28.3 Å². The largest absolute Gasteiger partial charge is 0.357 e.